The number of aryl methyl sites for hydroxylation is 1. The summed E-state index contributed by atoms with van der Waals surface area (Å²) >= 11 is 0. The average molecular weight is 375 g/mol. The van der Waals surface area contributed by atoms with E-state index in [-0.39, 0.29) is 6.42 Å². The number of cyclic esters (lactones) is 1. The Morgan fingerprint density at radius 3 is 2.67 bits per heavy atom. The van der Waals surface area contributed by atoms with Crippen molar-refractivity contribution in [3.05, 3.63) is 64.7 Å². The van der Waals surface area contributed by atoms with E-state index in [1.54, 1.807) is 24.3 Å². The molecule has 0 fully saturated rings. The molecule has 0 aromatic heterocycles. The zero-order chi connectivity index (χ0) is 19.2. The molecule has 0 aliphatic carbocycles. The second-order valence-corrected chi connectivity index (χ2v) is 6.69. The molecule has 1 atom stereocenters. The molecule has 1 amide bonds. The van der Waals surface area contributed by atoms with Gasteiger partial charge in [-0.05, 0) is 48.2 Å². The Bertz CT molecular complexity index is 923. The van der Waals surface area contributed by atoms with Crippen molar-refractivity contribution in [3.63, 3.8) is 0 Å². The maximum absolute atomic E-state index is 13.0. The molecule has 1 unspecified atom stereocenters. The number of carbonyl (C=O) groups is 2. The first-order valence-corrected chi connectivity index (χ1v) is 8.65. The number of esters is 1. The largest absolute Gasteiger partial charge is 0.448 e. The molecule has 0 saturated carbocycles. The van der Waals surface area contributed by atoms with Gasteiger partial charge in [0, 0.05) is 18.7 Å². The number of carbonyl (C=O) groups excluding carboxylic acids is 2. The Hall–Kier alpha value is -2.83. The second-order valence-electron chi connectivity index (χ2n) is 6.69. The smallest absolute Gasteiger partial charge is 0.416 e. The van der Waals surface area contributed by atoms with Crippen LogP contribution < -0.4 is 4.90 Å². The van der Waals surface area contributed by atoms with Gasteiger partial charge in [-0.3, -0.25) is 4.79 Å². The SMILES string of the molecule is O=C1OC(C(=O)N2CCCc3cc(C(F)(F)F)ccc32)Cc2ccccc21. The van der Waals surface area contributed by atoms with Crippen molar-refractivity contribution in [2.75, 3.05) is 11.4 Å². The first-order chi connectivity index (χ1) is 12.8. The molecule has 0 radical (unpaired) electrons. The number of benzene rings is 2. The van der Waals surface area contributed by atoms with Crippen LogP contribution in [0.2, 0.25) is 0 Å². The van der Waals surface area contributed by atoms with Gasteiger partial charge < -0.3 is 9.64 Å². The van der Waals surface area contributed by atoms with Gasteiger partial charge in [0.1, 0.15) is 0 Å². The number of alkyl halides is 3. The molecule has 0 saturated heterocycles. The van der Waals surface area contributed by atoms with Crippen molar-refractivity contribution in [1.29, 1.82) is 0 Å². The van der Waals surface area contributed by atoms with E-state index in [0.717, 1.165) is 17.7 Å². The lowest BCUT2D eigenvalue weighted by atomic mass is 9.95. The summed E-state index contributed by atoms with van der Waals surface area (Å²) in [5.74, 6) is -0.960. The highest BCUT2D eigenvalue weighted by atomic mass is 19.4. The van der Waals surface area contributed by atoms with E-state index in [4.69, 9.17) is 4.74 Å². The molecule has 27 heavy (non-hydrogen) atoms. The molecule has 2 aliphatic rings. The van der Waals surface area contributed by atoms with Crippen molar-refractivity contribution in [2.24, 2.45) is 0 Å². The summed E-state index contributed by atoms with van der Waals surface area (Å²) < 4.78 is 44.2. The molecule has 4 nitrogen and oxygen atoms in total. The third-order valence-electron chi connectivity index (χ3n) is 4.96. The highest BCUT2D eigenvalue weighted by molar-refractivity contribution is 6.02. The van der Waals surface area contributed by atoms with Crippen molar-refractivity contribution in [1.82, 2.24) is 0 Å². The van der Waals surface area contributed by atoms with Crippen LogP contribution in [0.5, 0.6) is 0 Å². The van der Waals surface area contributed by atoms with Crippen LogP contribution in [-0.2, 0) is 28.5 Å². The van der Waals surface area contributed by atoms with Crippen LogP contribution >= 0.6 is 0 Å². The molecule has 4 rings (SSSR count). The van der Waals surface area contributed by atoms with Gasteiger partial charge in [-0.1, -0.05) is 18.2 Å². The number of halogens is 3. The third-order valence-corrected chi connectivity index (χ3v) is 4.96. The molecule has 2 aromatic carbocycles. The molecule has 0 bridgehead atoms. The molecular weight excluding hydrogens is 359 g/mol. The van der Waals surface area contributed by atoms with E-state index < -0.39 is 29.7 Å². The fourth-order valence-electron chi connectivity index (χ4n) is 3.65. The quantitative estimate of drug-likeness (QED) is 0.713. The van der Waals surface area contributed by atoms with Crippen LogP contribution in [-0.4, -0.2) is 24.5 Å². The lowest BCUT2D eigenvalue weighted by molar-refractivity contribution is -0.137. The van der Waals surface area contributed by atoms with Crippen molar-refractivity contribution in [2.45, 2.75) is 31.5 Å². The van der Waals surface area contributed by atoms with E-state index >= 15 is 0 Å². The van der Waals surface area contributed by atoms with Crippen LogP contribution in [0.3, 0.4) is 0 Å². The molecule has 2 heterocycles. The fraction of sp³-hybridized carbons (Fsp3) is 0.300. The molecular formula is C20H16F3NO3. The summed E-state index contributed by atoms with van der Waals surface area (Å²) in [7, 11) is 0. The van der Waals surface area contributed by atoms with E-state index in [1.165, 1.54) is 11.0 Å². The number of anilines is 1. The molecule has 0 spiro atoms. The second kappa shape index (κ2) is 6.40. The topological polar surface area (TPSA) is 46.6 Å². The lowest BCUT2D eigenvalue weighted by Gasteiger charge is -2.34. The number of nitrogens with zero attached hydrogens (tertiary/aromatic N) is 1. The molecule has 7 heteroatoms. The summed E-state index contributed by atoms with van der Waals surface area (Å²) in [6.07, 6.45) is -4.12. The van der Waals surface area contributed by atoms with Gasteiger partial charge in [-0.2, -0.15) is 13.2 Å². The van der Waals surface area contributed by atoms with Gasteiger partial charge in [0.25, 0.3) is 5.91 Å². The predicted molar refractivity (Wildman–Crippen MR) is 91.5 cm³/mol. The van der Waals surface area contributed by atoms with E-state index in [1.807, 2.05) is 0 Å². The van der Waals surface area contributed by atoms with Gasteiger partial charge in [-0.15, -0.1) is 0 Å². The third kappa shape index (κ3) is 3.18. The van der Waals surface area contributed by atoms with Crippen LogP contribution in [0.4, 0.5) is 18.9 Å². The van der Waals surface area contributed by atoms with Crippen LogP contribution in [0.25, 0.3) is 0 Å². The highest BCUT2D eigenvalue weighted by Crippen LogP contribution is 2.36. The number of rotatable bonds is 1. The number of hydrogen-bond donors (Lipinski definition) is 0. The van der Waals surface area contributed by atoms with Gasteiger partial charge in [0.2, 0.25) is 0 Å². The average Bonchev–Trinajstić information content (AvgIpc) is 2.65. The minimum Gasteiger partial charge on any atom is -0.448 e. The monoisotopic (exact) mass is 375 g/mol. The normalized spacial score (nSPS) is 19.1. The van der Waals surface area contributed by atoms with Crippen LogP contribution in [0.15, 0.2) is 42.5 Å². The molecule has 0 N–H and O–H groups in total. The molecule has 2 aromatic rings. The summed E-state index contributed by atoms with van der Waals surface area (Å²) in [5, 5.41) is 0. The Kier molecular flexibility index (Phi) is 4.17. The van der Waals surface area contributed by atoms with Crippen molar-refractivity contribution < 1.29 is 27.5 Å². The van der Waals surface area contributed by atoms with Crippen LogP contribution in [0, 0.1) is 0 Å². The highest BCUT2D eigenvalue weighted by Gasteiger charge is 2.37. The van der Waals surface area contributed by atoms with E-state index in [9.17, 15) is 22.8 Å². The van der Waals surface area contributed by atoms with Gasteiger partial charge in [0.15, 0.2) is 6.10 Å². The summed E-state index contributed by atoms with van der Waals surface area (Å²) in [6, 6.07) is 10.3. The van der Waals surface area contributed by atoms with Crippen molar-refractivity contribution >= 4 is 17.6 Å². The standard InChI is InChI=1S/C20H16F3NO3/c21-20(22,23)14-7-8-16-13(10-14)5-3-9-24(16)18(25)17-11-12-4-1-2-6-15(12)19(26)27-17/h1-2,4,6-8,10,17H,3,5,9,11H2. The first-order valence-electron chi connectivity index (χ1n) is 8.65. The van der Waals surface area contributed by atoms with E-state index in [2.05, 4.69) is 0 Å². The minimum absolute atomic E-state index is 0.257. The number of hydrogen-bond acceptors (Lipinski definition) is 3. The number of ether oxygens (including phenoxy) is 1. The maximum Gasteiger partial charge on any atom is 0.416 e. The van der Waals surface area contributed by atoms with E-state index in [0.29, 0.717) is 36.2 Å². The molecule has 2 aliphatic heterocycles. The van der Waals surface area contributed by atoms with Crippen LogP contribution in [0.1, 0.15) is 33.5 Å². The Labute approximate surface area is 153 Å². The number of amides is 1. The summed E-state index contributed by atoms with van der Waals surface area (Å²) in [4.78, 5) is 26.6. The first kappa shape index (κ1) is 17.6. The summed E-state index contributed by atoms with van der Waals surface area (Å²) in [6.45, 7) is 0.382. The zero-order valence-electron chi connectivity index (χ0n) is 14.3. The Balaban J connectivity index is 1.62. The number of fused-ring (bicyclic) bond motifs is 2. The Morgan fingerprint density at radius 1 is 1.11 bits per heavy atom. The molecule has 140 valence electrons. The van der Waals surface area contributed by atoms with Gasteiger partial charge in [-0.25, -0.2) is 4.79 Å². The van der Waals surface area contributed by atoms with Gasteiger partial charge >= 0.3 is 12.1 Å². The maximum atomic E-state index is 13.0. The van der Waals surface area contributed by atoms with Crippen molar-refractivity contribution in [3.8, 4) is 0 Å². The van der Waals surface area contributed by atoms with Gasteiger partial charge in [0.05, 0.1) is 11.1 Å². The lowest BCUT2D eigenvalue weighted by Crippen LogP contribution is -2.46. The predicted octanol–water partition coefficient (Wildman–Crippen LogP) is 3.77. The fourth-order valence-corrected chi connectivity index (χ4v) is 3.65. The summed E-state index contributed by atoms with van der Waals surface area (Å²) in [5.41, 5.74) is 1.38. The Morgan fingerprint density at radius 2 is 1.89 bits per heavy atom. The zero-order valence-corrected chi connectivity index (χ0v) is 14.3. The minimum atomic E-state index is -4.43.